The average molecular weight is 418 g/mol. The smallest absolute Gasteiger partial charge is 0.220 e. The summed E-state index contributed by atoms with van der Waals surface area (Å²) in [6.07, 6.45) is 5.28. The molecule has 1 aromatic carbocycles. The molecule has 0 saturated carbocycles. The lowest BCUT2D eigenvalue weighted by Gasteiger charge is -2.29. The van der Waals surface area contributed by atoms with Crippen molar-refractivity contribution in [2.24, 2.45) is 5.92 Å². The number of carbonyl (C=O) groups excluding carboxylic acids is 1. The number of hydrogen-bond acceptors (Lipinski definition) is 4. The molecule has 3 rings (SSSR count). The van der Waals surface area contributed by atoms with E-state index in [4.69, 9.17) is 4.74 Å². The predicted octanol–water partition coefficient (Wildman–Crippen LogP) is 3.18. The number of nitrogens with one attached hydrogen (secondary N) is 2. The van der Waals surface area contributed by atoms with Gasteiger partial charge in [0.2, 0.25) is 5.91 Å². The molecular weight excluding hydrogens is 385 g/mol. The third kappa shape index (κ3) is 6.83. The van der Waals surface area contributed by atoms with Crippen LogP contribution in [0.3, 0.4) is 0 Å². The summed E-state index contributed by atoms with van der Waals surface area (Å²) in [5.74, 6) is 1.74. The van der Waals surface area contributed by atoms with E-state index in [0.29, 0.717) is 18.9 Å². The Morgan fingerprint density at radius 3 is 2.70 bits per heavy atom. The standard InChI is InChI=1S/C20H31N3O2.2ClH/c1-25-19-7-3-2-6-17(19)18(23-12-4-5-13-23)15-22-20(24)9-8-16-10-11-21-14-16;;/h2-3,6-7,16,18,21H,4-5,8-15H2,1H3,(H,22,24);2*1H. The van der Waals surface area contributed by atoms with Crippen molar-refractivity contribution in [3.05, 3.63) is 29.8 Å². The highest BCUT2D eigenvalue weighted by Crippen LogP contribution is 2.31. The van der Waals surface area contributed by atoms with Gasteiger partial charge in [0.05, 0.1) is 13.2 Å². The lowest BCUT2D eigenvalue weighted by atomic mass is 10.0. The molecule has 7 heteroatoms. The molecular formula is C20H33Cl2N3O2. The molecule has 2 fully saturated rings. The summed E-state index contributed by atoms with van der Waals surface area (Å²) in [5.41, 5.74) is 1.17. The molecule has 0 spiro atoms. The Bertz CT molecular complexity index is 562. The van der Waals surface area contributed by atoms with E-state index in [1.807, 2.05) is 12.1 Å². The zero-order chi connectivity index (χ0) is 17.5. The van der Waals surface area contributed by atoms with Gasteiger partial charge in [-0.05, 0) is 63.8 Å². The quantitative estimate of drug-likeness (QED) is 0.681. The molecule has 2 aliphatic heterocycles. The molecule has 1 aromatic rings. The van der Waals surface area contributed by atoms with E-state index >= 15 is 0 Å². The number of nitrogens with zero attached hydrogens (tertiary/aromatic N) is 1. The maximum absolute atomic E-state index is 12.3. The molecule has 0 bridgehead atoms. The van der Waals surface area contributed by atoms with E-state index in [1.54, 1.807) is 7.11 Å². The summed E-state index contributed by atoms with van der Waals surface area (Å²) in [6.45, 7) is 4.99. The largest absolute Gasteiger partial charge is 0.496 e. The van der Waals surface area contributed by atoms with E-state index in [2.05, 4.69) is 27.7 Å². The Balaban J connectivity index is 0.00000182. The molecule has 0 radical (unpaired) electrons. The molecule has 2 unspecified atom stereocenters. The van der Waals surface area contributed by atoms with Crippen molar-refractivity contribution >= 4 is 30.7 Å². The molecule has 0 aliphatic carbocycles. The third-order valence-corrected chi connectivity index (χ3v) is 5.51. The second kappa shape index (κ2) is 12.4. The van der Waals surface area contributed by atoms with E-state index in [9.17, 15) is 4.79 Å². The summed E-state index contributed by atoms with van der Waals surface area (Å²) < 4.78 is 5.56. The van der Waals surface area contributed by atoms with Crippen LogP contribution in [0.2, 0.25) is 0 Å². The second-order valence-electron chi connectivity index (χ2n) is 7.20. The first-order chi connectivity index (χ1) is 12.3. The van der Waals surface area contributed by atoms with Crippen LogP contribution >= 0.6 is 24.8 Å². The first-order valence-corrected chi connectivity index (χ1v) is 9.62. The SMILES string of the molecule is COc1ccccc1C(CNC(=O)CCC1CCNC1)N1CCCC1.Cl.Cl. The van der Waals surface area contributed by atoms with Crippen molar-refractivity contribution in [2.75, 3.05) is 39.8 Å². The highest BCUT2D eigenvalue weighted by molar-refractivity contribution is 5.85. The molecule has 2 aliphatic rings. The summed E-state index contributed by atoms with van der Waals surface area (Å²) in [7, 11) is 1.72. The summed E-state index contributed by atoms with van der Waals surface area (Å²) in [5, 5.41) is 6.54. The number of likely N-dealkylation sites (tertiary alicyclic amines) is 1. The van der Waals surface area contributed by atoms with Gasteiger partial charge in [0, 0.05) is 18.5 Å². The van der Waals surface area contributed by atoms with Gasteiger partial charge < -0.3 is 15.4 Å². The van der Waals surface area contributed by atoms with Crippen LogP contribution in [0.15, 0.2) is 24.3 Å². The van der Waals surface area contributed by atoms with Crippen LogP contribution in [-0.2, 0) is 4.79 Å². The third-order valence-electron chi connectivity index (χ3n) is 5.51. The number of amides is 1. The fraction of sp³-hybridized carbons (Fsp3) is 0.650. The maximum Gasteiger partial charge on any atom is 0.220 e. The van der Waals surface area contributed by atoms with E-state index in [0.717, 1.165) is 38.3 Å². The van der Waals surface area contributed by atoms with E-state index in [-0.39, 0.29) is 36.8 Å². The highest BCUT2D eigenvalue weighted by Gasteiger charge is 2.26. The maximum atomic E-state index is 12.3. The minimum atomic E-state index is 0. The Labute approximate surface area is 175 Å². The normalized spacial score (nSPS) is 20.4. The fourth-order valence-corrected chi connectivity index (χ4v) is 4.03. The first kappa shape index (κ1) is 24.0. The Hall–Kier alpha value is -1.01. The Morgan fingerprint density at radius 1 is 1.30 bits per heavy atom. The number of ether oxygens (including phenoxy) is 1. The lowest BCUT2D eigenvalue weighted by Crippen LogP contribution is -2.37. The van der Waals surface area contributed by atoms with Crippen LogP contribution in [0.5, 0.6) is 5.75 Å². The van der Waals surface area contributed by atoms with E-state index in [1.165, 1.54) is 24.8 Å². The number of halogens is 2. The van der Waals surface area contributed by atoms with Crippen molar-refractivity contribution in [3.63, 3.8) is 0 Å². The number of benzene rings is 1. The van der Waals surface area contributed by atoms with Crippen LogP contribution in [-0.4, -0.2) is 50.6 Å². The van der Waals surface area contributed by atoms with Gasteiger partial charge in [0.1, 0.15) is 5.75 Å². The zero-order valence-corrected chi connectivity index (χ0v) is 17.7. The number of para-hydroxylation sites is 1. The summed E-state index contributed by atoms with van der Waals surface area (Å²) in [4.78, 5) is 14.8. The summed E-state index contributed by atoms with van der Waals surface area (Å²) >= 11 is 0. The minimum Gasteiger partial charge on any atom is -0.496 e. The van der Waals surface area contributed by atoms with Crippen LogP contribution in [0.1, 0.15) is 43.7 Å². The molecule has 5 nitrogen and oxygen atoms in total. The van der Waals surface area contributed by atoms with Gasteiger partial charge in [0.25, 0.3) is 0 Å². The molecule has 0 aromatic heterocycles. The molecule has 1 amide bonds. The van der Waals surface area contributed by atoms with Gasteiger partial charge >= 0.3 is 0 Å². The van der Waals surface area contributed by atoms with Crippen molar-refractivity contribution in [1.82, 2.24) is 15.5 Å². The van der Waals surface area contributed by atoms with Gasteiger partial charge in [-0.3, -0.25) is 9.69 Å². The van der Waals surface area contributed by atoms with Gasteiger partial charge in [-0.15, -0.1) is 24.8 Å². The number of rotatable bonds is 8. The minimum absolute atomic E-state index is 0. The van der Waals surface area contributed by atoms with Gasteiger partial charge in [-0.25, -0.2) is 0 Å². The predicted molar refractivity (Wildman–Crippen MR) is 114 cm³/mol. The fourth-order valence-electron chi connectivity index (χ4n) is 4.03. The Morgan fingerprint density at radius 2 is 2.04 bits per heavy atom. The molecule has 2 heterocycles. The van der Waals surface area contributed by atoms with Gasteiger partial charge in [0.15, 0.2) is 0 Å². The van der Waals surface area contributed by atoms with Crippen LogP contribution in [0, 0.1) is 5.92 Å². The van der Waals surface area contributed by atoms with Crippen LogP contribution in [0.4, 0.5) is 0 Å². The summed E-state index contributed by atoms with van der Waals surface area (Å²) in [6, 6.07) is 8.37. The highest BCUT2D eigenvalue weighted by atomic mass is 35.5. The number of methoxy groups -OCH3 is 1. The van der Waals surface area contributed by atoms with Crippen molar-refractivity contribution < 1.29 is 9.53 Å². The van der Waals surface area contributed by atoms with Gasteiger partial charge in [-0.1, -0.05) is 18.2 Å². The zero-order valence-electron chi connectivity index (χ0n) is 16.1. The van der Waals surface area contributed by atoms with Crippen LogP contribution < -0.4 is 15.4 Å². The Kier molecular flexibility index (Phi) is 11.1. The van der Waals surface area contributed by atoms with Crippen molar-refractivity contribution in [3.8, 4) is 5.75 Å². The molecule has 27 heavy (non-hydrogen) atoms. The average Bonchev–Trinajstić information content (AvgIpc) is 3.34. The van der Waals surface area contributed by atoms with Crippen molar-refractivity contribution in [2.45, 2.75) is 38.1 Å². The molecule has 154 valence electrons. The molecule has 2 N–H and O–H groups in total. The van der Waals surface area contributed by atoms with Crippen molar-refractivity contribution in [1.29, 1.82) is 0 Å². The molecule has 2 atom stereocenters. The number of hydrogen-bond donors (Lipinski definition) is 2. The lowest BCUT2D eigenvalue weighted by molar-refractivity contribution is -0.121. The van der Waals surface area contributed by atoms with Gasteiger partial charge in [-0.2, -0.15) is 0 Å². The number of carbonyl (C=O) groups is 1. The second-order valence-corrected chi connectivity index (χ2v) is 7.20. The first-order valence-electron chi connectivity index (χ1n) is 9.62. The van der Waals surface area contributed by atoms with Crippen LogP contribution in [0.25, 0.3) is 0 Å². The molecule has 2 saturated heterocycles. The topological polar surface area (TPSA) is 53.6 Å². The monoisotopic (exact) mass is 417 g/mol. The van der Waals surface area contributed by atoms with E-state index < -0.39 is 0 Å².